The Balaban J connectivity index is 1.89. The number of anilines is 1. The van der Waals surface area contributed by atoms with E-state index in [1.165, 1.54) is 0 Å². The first kappa shape index (κ1) is 23.0. The van der Waals surface area contributed by atoms with Crippen molar-refractivity contribution in [3.05, 3.63) is 100 Å². The van der Waals surface area contributed by atoms with E-state index >= 15 is 0 Å². The Kier molecular flexibility index (Phi) is 7.51. The van der Waals surface area contributed by atoms with E-state index in [-0.39, 0.29) is 12.5 Å². The van der Waals surface area contributed by atoms with Gasteiger partial charge in [0.25, 0.3) is 0 Å². The lowest BCUT2D eigenvalue weighted by atomic mass is 10.1. The first-order valence-electron chi connectivity index (χ1n) is 9.83. The van der Waals surface area contributed by atoms with Gasteiger partial charge in [0, 0.05) is 17.6 Å². The number of sulfonamides is 1. The zero-order valence-corrected chi connectivity index (χ0v) is 19.9. The van der Waals surface area contributed by atoms with Crippen molar-refractivity contribution in [1.82, 2.24) is 4.90 Å². The number of nitrogens with zero attached hydrogens (tertiary/aromatic N) is 2. The van der Waals surface area contributed by atoms with Crippen molar-refractivity contribution in [1.29, 1.82) is 0 Å². The summed E-state index contributed by atoms with van der Waals surface area (Å²) in [5.41, 5.74) is 3.33. The van der Waals surface area contributed by atoms with Gasteiger partial charge in [0.05, 0.1) is 11.9 Å². The standard InChI is InChI=1S/C24H25BrN2O3S/c1-19-15-22(13-14-23(19)25)27(31(2,29)30)18-24(28)26(16-20-9-5-3-6-10-20)17-21-11-7-4-8-12-21/h3-15H,16-18H2,1-2H3. The number of hydrogen-bond acceptors (Lipinski definition) is 3. The van der Waals surface area contributed by atoms with Gasteiger partial charge in [0.15, 0.2) is 0 Å². The summed E-state index contributed by atoms with van der Waals surface area (Å²) in [4.78, 5) is 15.0. The van der Waals surface area contributed by atoms with Crippen LogP contribution in [0.25, 0.3) is 0 Å². The second-order valence-electron chi connectivity index (χ2n) is 7.42. The second kappa shape index (κ2) is 10.1. The fraction of sp³-hybridized carbons (Fsp3) is 0.208. The van der Waals surface area contributed by atoms with E-state index in [1.54, 1.807) is 23.1 Å². The maximum absolute atomic E-state index is 13.3. The van der Waals surface area contributed by atoms with Gasteiger partial charge in [-0.25, -0.2) is 8.42 Å². The topological polar surface area (TPSA) is 57.7 Å². The van der Waals surface area contributed by atoms with Crippen LogP contribution in [0.1, 0.15) is 16.7 Å². The molecule has 162 valence electrons. The fourth-order valence-corrected chi connectivity index (χ4v) is 4.33. The summed E-state index contributed by atoms with van der Waals surface area (Å²) in [6.07, 6.45) is 1.12. The number of rotatable bonds is 8. The van der Waals surface area contributed by atoms with E-state index in [0.717, 1.165) is 31.7 Å². The lowest BCUT2D eigenvalue weighted by molar-refractivity contribution is -0.130. The maximum Gasteiger partial charge on any atom is 0.243 e. The molecule has 0 unspecified atom stereocenters. The molecule has 0 aromatic heterocycles. The molecule has 0 fully saturated rings. The molecule has 0 bridgehead atoms. The number of aryl methyl sites for hydroxylation is 1. The Labute approximate surface area is 192 Å². The average Bonchev–Trinajstić information content (AvgIpc) is 2.74. The van der Waals surface area contributed by atoms with Gasteiger partial charge in [-0.2, -0.15) is 0 Å². The normalized spacial score (nSPS) is 11.2. The molecule has 0 aliphatic carbocycles. The van der Waals surface area contributed by atoms with Crippen LogP contribution in [0.15, 0.2) is 83.3 Å². The van der Waals surface area contributed by atoms with Crippen LogP contribution in [0.2, 0.25) is 0 Å². The first-order chi connectivity index (χ1) is 14.7. The van der Waals surface area contributed by atoms with Crippen LogP contribution in [0.4, 0.5) is 5.69 Å². The number of carbonyl (C=O) groups excluding carboxylic acids is 1. The number of halogens is 1. The highest BCUT2D eigenvalue weighted by molar-refractivity contribution is 9.10. The zero-order valence-electron chi connectivity index (χ0n) is 17.5. The predicted molar refractivity (Wildman–Crippen MR) is 128 cm³/mol. The largest absolute Gasteiger partial charge is 0.332 e. The van der Waals surface area contributed by atoms with Crippen LogP contribution < -0.4 is 4.31 Å². The second-order valence-corrected chi connectivity index (χ2v) is 10.2. The summed E-state index contributed by atoms with van der Waals surface area (Å²) >= 11 is 3.43. The van der Waals surface area contributed by atoms with Crippen molar-refractivity contribution in [3.8, 4) is 0 Å². The minimum absolute atomic E-state index is 0.264. The van der Waals surface area contributed by atoms with Crippen LogP contribution in [0.5, 0.6) is 0 Å². The summed E-state index contributed by atoms with van der Waals surface area (Å²) in [5.74, 6) is -0.265. The van der Waals surface area contributed by atoms with Crippen molar-refractivity contribution in [2.75, 3.05) is 17.1 Å². The van der Waals surface area contributed by atoms with Crippen molar-refractivity contribution in [2.45, 2.75) is 20.0 Å². The number of hydrogen-bond donors (Lipinski definition) is 0. The monoisotopic (exact) mass is 500 g/mol. The van der Waals surface area contributed by atoms with Gasteiger partial charge in [-0.05, 0) is 41.8 Å². The molecular weight excluding hydrogens is 476 g/mol. The van der Waals surface area contributed by atoms with Crippen LogP contribution in [-0.4, -0.2) is 32.0 Å². The zero-order chi connectivity index (χ0) is 22.4. The molecule has 3 aromatic rings. The molecule has 0 radical (unpaired) electrons. The quantitative estimate of drug-likeness (QED) is 0.448. The summed E-state index contributed by atoms with van der Waals surface area (Å²) in [5, 5.41) is 0. The van der Waals surface area contributed by atoms with E-state index in [1.807, 2.05) is 67.6 Å². The van der Waals surface area contributed by atoms with Gasteiger partial charge in [-0.1, -0.05) is 76.6 Å². The summed E-state index contributed by atoms with van der Waals surface area (Å²) in [6.45, 7) is 2.41. The Morgan fingerprint density at radius 1 is 0.871 bits per heavy atom. The number of amides is 1. The van der Waals surface area contributed by atoms with E-state index < -0.39 is 10.0 Å². The van der Waals surface area contributed by atoms with Crippen LogP contribution in [0.3, 0.4) is 0 Å². The molecule has 5 nitrogen and oxygen atoms in total. The minimum atomic E-state index is -3.65. The van der Waals surface area contributed by atoms with Gasteiger partial charge in [0.2, 0.25) is 15.9 Å². The number of carbonyl (C=O) groups is 1. The Bertz CT molecular complexity index is 1090. The third-order valence-corrected chi connectivity index (χ3v) is 6.92. The molecule has 0 heterocycles. The molecule has 0 N–H and O–H groups in total. The van der Waals surface area contributed by atoms with Gasteiger partial charge in [-0.15, -0.1) is 0 Å². The summed E-state index contributed by atoms with van der Waals surface area (Å²) in [7, 11) is -3.65. The van der Waals surface area contributed by atoms with Crippen LogP contribution in [-0.2, 0) is 27.9 Å². The SMILES string of the molecule is Cc1cc(N(CC(=O)N(Cc2ccccc2)Cc2ccccc2)S(C)(=O)=O)ccc1Br. The van der Waals surface area contributed by atoms with Crippen molar-refractivity contribution < 1.29 is 13.2 Å². The minimum Gasteiger partial charge on any atom is -0.332 e. The van der Waals surface area contributed by atoms with Crippen molar-refractivity contribution >= 4 is 37.5 Å². The van der Waals surface area contributed by atoms with Gasteiger partial charge < -0.3 is 4.90 Å². The molecule has 0 aliphatic heterocycles. The fourth-order valence-electron chi connectivity index (χ4n) is 3.25. The highest BCUT2D eigenvalue weighted by atomic mass is 79.9. The highest BCUT2D eigenvalue weighted by Crippen LogP contribution is 2.25. The molecule has 0 saturated carbocycles. The predicted octanol–water partition coefficient (Wildman–Crippen LogP) is 4.75. The molecule has 0 spiro atoms. The molecule has 3 rings (SSSR count). The van der Waals surface area contributed by atoms with Crippen molar-refractivity contribution in [2.24, 2.45) is 0 Å². The van der Waals surface area contributed by atoms with E-state index in [0.29, 0.717) is 18.8 Å². The third kappa shape index (κ3) is 6.42. The molecule has 1 amide bonds. The molecule has 0 saturated heterocycles. The van der Waals surface area contributed by atoms with E-state index in [9.17, 15) is 13.2 Å². The Morgan fingerprint density at radius 2 is 1.39 bits per heavy atom. The summed E-state index contributed by atoms with van der Waals surface area (Å²) in [6, 6.07) is 24.6. The lowest BCUT2D eigenvalue weighted by Crippen LogP contribution is -2.42. The molecule has 0 aliphatic rings. The van der Waals surface area contributed by atoms with E-state index in [2.05, 4.69) is 15.9 Å². The van der Waals surface area contributed by atoms with Crippen molar-refractivity contribution in [3.63, 3.8) is 0 Å². The third-order valence-electron chi connectivity index (χ3n) is 4.89. The maximum atomic E-state index is 13.3. The smallest absolute Gasteiger partial charge is 0.243 e. The van der Waals surface area contributed by atoms with Crippen LogP contribution in [0, 0.1) is 6.92 Å². The molecule has 31 heavy (non-hydrogen) atoms. The Hall–Kier alpha value is -2.64. The number of benzene rings is 3. The summed E-state index contributed by atoms with van der Waals surface area (Å²) < 4.78 is 27.1. The molecule has 3 aromatic carbocycles. The average molecular weight is 501 g/mol. The van der Waals surface area contributed by atoms with Gasteiger partial charge in [-0.3, -0.25) is 9.10 Å². The molecule has 7 heteroatoms. The van der Waals surface area contributed by atoms with E-state index in [4.69, 9.17) is 0 Å². The molecular formula is C24H25BrN2O3S. The van der Waals surface area contributed by atoms with Gasteiger partial charge >= 0.3 is 0 Å². The van der Waals surface area contributed by atoms with Gasteiger partial charge in [0.1, 0.15) is 6.54 Å². The highest BCUT2D eigenvalue weighted by Gasteiger charge is 2.25. The Morgan fingerprint density at radius 3 is 1.84 bits per heavy atom. The van der Waals surface area contributed by atoms with Crippen LogP contribution >= 0.6 is 15.9 Å². The molecule has 0 atom stereocenters. The lowest BCUT2D eigenvalue weighted by Gasteiger charge is -2.28. The first-order valence-corrected chi connectivity index (χ1v) is 12.5.